The van der Waals surface area contributed by atoms with Gasteiger partial charge in [-0.05, 0) is 46.9 Å². The highest BCUT2D eigenvalue weighted by molar-refractivity contribution is 6.44. The lowest BCUT2D eigenvalue weighted by Gasteiger charge is -2.40. The van der Waals surface area contributed by atoms with Gasteiger partial charge in [0, 0.05) is 22.1 Å². The highest BCUT2D eigenvalue weighted by atomic mass is 16.6. The van der Waals surface area contributed by atoms with Crippen LogP contribution in [0.4, 0.5) is 0 Å². The highest BCUT2D eigenvalue weighted by Gasteiger charge is 2.44. The van der Waals surface area contributed by atoms with E-state index >= 15 is 0 Å². The van der Waals surface area contributed by atoms with Crippen LogP contribution in [0, 0.1) is 0 Å². The fourth-order valence-electron chi connectivity index (χ4n) is 5.97. The van der Waals surface area contributed by atoms with Crippen molar-refractivity contribution in [3.63, 3.8) is 0 Å². The molecule has 1 unspecified atom stereocenters. The Morgan fingerprint density at radius 2 is 1.33 bits per heavy atom. The first-order valence-electron chi connectivity index (χ1n) is 12.8. The summed E-state index contributed by atoms with van der Waals surface area (Å²) in [6.45, 7) is 12.3. The Kier molecular flexibility index (Phi) is 5.49. The fourth-order valence-corrected chi connectivity index (χ4v) is 5.97. The van der Waals surface area contributed by atoms with Crippen molar-refractivity contribution in [2.24, 2.45) is 0 Å². The number of benzene rings is 2. The minimum Gasteiger partial charge on any atom is -0.424 e. The molecule has 3 aliphatic rings. The van der Waals surface area contributed by atoms with Gasteiger partial charge in [0.15, 0.2) is 6.10 Å². The minimum atomic E-state index is -1.32. The number of rotatable bonds is 2. The summed E-state index contributed by atoms with van der Waals surface area (Å²) in [5, 5.41) is 10.7. The Morgan fingerprint density at radius 1 is 0.778 bits per heavy atom. The number of aliphatic hydroxyl groups excluding tert-OH is 1. The van der Waals surface area contributed by atoms with E-state index in [-0.39, 0.29) is 10.8 Å². The Hall–Kier alpha value is -2.99. The summed E-state index contributed by atoms with van der Waals surface area (Å²) in [7, 11) is 0. The minimum absolute atomic E-state index is 0.322. The monoisotopic (exact) mass is 490 g/mol. The standard InChI is InChI=1S/C30H34O6/c1-28(2,3)20-14-16(12-18-22(31)26(33)35-24(18)20)30(10-8-7-9-11-30)17-13-19-23(32)27(34)36-25(19)21(15-17)29(4,5)6/h12-15,22,31H,7-11H2,1-6H3. The molecule has 1 N–H and O–H groups in total. The summed E-state index contributed by atoms with van der Waals surface area (Å²) in [6.07, 6.45) is 3.51. The molecule has 0 radical (unpaired) electrons. The summed E-state index contributed by atoms with van der Waals surface area (Å²) in [5.41, 5.74) is 3.36. The fraction of sp³-hybridized carbons (Fsp3) is 0.500. The Bertz CT molecular complexity index is 1300. The van der Waals surface area contributed by atoms with Crippen molar-refractivity contribution in [1.29, 1.82) is 0 Å². The highest BCUT2D eigenvalue weighted by Crippen LogP contribution is 2.52. The van der Waals surface area contributed by atoms with Crippen LogP contribution < -0.4 is 9.47 Å². The molecule has 0 aromatic heterocycles. The zero-order valence-corrected chi connectivity index (χ0v) is 21.9. The third-order valence-electron chi connectivity index (χ3n) is 7.98. The van der Waals surface area contributed by atoms with Crippen LogP contribution in [0.25, 0.3) is 0 Å². The first-order valence-corrected chi connectivity index (χ1v) is 12.8. The zero-order valence-electron chi connectivity index (χ0n) is 21.9. The van der Waals surface area contributed by atoms with Gasteiger partial charge < -0.3 is 14.6 Å². The molecule has 2 aromatic carbocycles. The number of fused-ring (bicyclic) bond motifs is 2. The van der Waals surface area contributed by atoms with Gasteiger partial charge in [-0.1, -0.05) is 72.9 Å². The number of hydrogen-bond acceptors (Lipinski definition) is 6. The van der Waals surface area contributed by atoms with Crippen LogP contribution in [0.5, 0.6) is 11.5 Å². The summed E-state index contributed by atoms with van der Waals surface area (Å²) in [4.78, 5) is 37.4. The first-order chi connectivity index (χ1) is 16.7. The molecule has 1 atom stereocenters. The number of carbonyl (C=O) groups excluding carboxylic acids is 3. The van der Waals surface area contributed by atoms with Crippen LogP contribution in [-0.4, -0.2) is 22.8 Å². The van der Waals surface area contributed by atoms with Crippen LogP contribution in [-0.2, 0) is 25.8 Å². The predicted molar refractivity (Wildman–Crippen MR) is 135 cm³/mol. The van der Waals surface area contributed by atoms with Crippen molar-refractivity contribution in [3.8, 4) is 11.5 Å². The van der Waals surface area contributed by atoms with E-state index in [9.17, 15) is 19.5 Å². The van der Waals surface area contributed by atoms with E-state index in [1.807, 2.05) is 32.9 Å². The lowest BCUT2D eigenvalue weighted by Crippen LogP contribution is -2.32. The molecule has 1 fully saturated rings. The average Bonchev–Trinajstić information content (AvgIpc) is 3.26. The smallest absolute Gasteiger partial charge is 0.385 e. The maximum absolute atomic E-state index is 12.8. The van der Waals surface area contributed by atoms with Gasteiger partial charge in [0.2, 0.25) is 0 Å². The SMILES string of the molecule is CC(C)(C)c1cc(C2(c3cc4c(c(C(C)(C)C)c3)OC(=O)C4O)CCCCC2)cc2c1OC(=O)C2=O. The molecule has 2 aliphatic heterocycles. The predicted octanol–water partition coefficient (Wildman–Crippen LogP) is 5.59. The van der Waals surface area contributed by atoms with Gasteiger partial charge in [0.1, 0.15) is 11.5 Å². The molecule has 5 rings (SSSR count). The Balaban J connectivity index is 1.80. The molecule has 6 nitrogen and oxygen atoms in total. The van der Waals surface area contributed by atoms with E-state index in [4.69, 9.17) is 9.47 Å². The molecule has 0 saturated heterocycles. The van der Waals surface area contributed by atoms with Crippen LogP contribution in [0.2, 0.25) is 0 Å². The topological polar surface area (TPSA) is 89.9 Å². The van der Waals surface area contributed by atoms with Gasteiger partial charge in [-0.25, -0.2) is 9.59 Å². The molecule has 36 heavy (non-hydrogen) atoms. The average molecular weight is 491 g/mol. The van der Waals surface area contributed by atoms with E-state index in [2.05, 4.69) is 32.9 Å². The van der Waals surface area contributed by atoms with Gasteiger partial charge in [0.25, 0.3) is 5.78 Å². The summed E-state index contributed by atoms with van der Waals surface area (Å²) in [6, 6.07) is 7.96. The second-order valence-electron chi connectivity index (χ2n) is 12.5. The van der Waals surface area contributed by atoms with E-state index in [1.54, 1.807) is 0 Å². The molecule has 0 amide bonds. The van der Waals surface area contributed by atoms with E-state index in [1.165, 1.54) is 0 Å². The lowest BCUT2D eigenvalue weighted by atomic mass is 9.63. The number of ketones is 1. The maximum Gasteiger partial charge on any atom is 0.385 e. The first kappa shape index (κ1) is 24.7. The summed E-state index contributed by atoms with van der Waals surface area (Å²) in [5.74, 6) is -1.28. The Labute approximate surface area is 212 Å². The van der Waals surface area contributed by atoms with Gasteiger partial charge in [-0.3, -0.25) is 4.79 Å². The van der Waals surface area contributed by atoms with Crippen LogP contribution in [0.15, 0.2) is 24.3 Å². The van der Waals surface area contributed by atoms with Crippen molar-refractivity contribution in [3.05, 3.63) is 57.6 Å². The normalized spacial score (nSPS) is 21.2. The number of hydrogen-bond donors (Lipinski definition) is 1. The van der Waals surface area contributed by atoms with Gasteiger partial charge >= 0.3 is 11.9 Å². The van der Waals surface area contributed by atoms with Crippen molar-refractivity contribution < 1.29 is 29.0 Å². The summed E-state index contributed by atoms with van der Waals surface area (Å²) < 4.78 is 11.0. The van der Waals surface area contributed by atoms with E-state index in [0.717, 1.165) is 54.4 Å². The molecular formula is C30H34O6. The van der Waals surface area contributed by atoms with Crippen LogP contribution >= 0.6 is 0 Å². The number of ether oxygens (including phenoxy) is 2. The van der Waals surface area contributed by atoms with Crippen molar-refractivity contribution >= 4 is 17.7 Å². The van der Waals surface area contributed by atoms with E-state index < -0.39 is 29.2 Å². The van der Waals surface area contributed by atoms with Crippen molar-refractivity contribution in [2.45, 2.75) is 96.0 Å². The maximum atomic E-state index is 12.8. The van der Waals surface area contributed by atoms with Crippen molar-refractivity contribution in [1.82, 2.24) is 0 Å². The van der Waals surface area contributed by atoms with Gasteiger partial charge in [-0.15, -0.1) is 0 Å². The number of carbonyl (C=O) groups is 3. The molecule has 0 spiro atoms. The molecule has 190 valence electrons. The zero-order chi connectivity index (χ0) is 26.2. The number of aliphatic hydroxyl groups is 1. The Morgan fingerprint density at radius 3 is 1.92 bits per heavy atom. The van der Waals surface area contributed by atoms with Crippen LogP contribution in [0.1, 0.15) is 118 Å². The van der Waals surface area contributed by atoms with Crippen molar-refractivity contribution in [2.75, 3.05) is 0 Å². The van der Waals surface area contributed by atoms with Gasteiger partial charge in [0.05, 0.1) is 5.56 Å². The molecule has 1 aliphatic carbocycles. The lowest BCUT2D eigenvalue weighted by molar-refractivity contribution is -0.141. The third kappa shape index (κ3) is 3.69. The molecular weight excluding hydrogens is 456 g/mol. The molecule has 1 saturated carbocycles. The summed E-state index contributed by atoms with van der Waals surface area (Å²) >= 11 is 0. The number of Topliss-reactive ketones (excluding diaryl/α,β-unsaturated/α-hetero) is 1. The van der Waals surface area contributed by atoms with Gasteiger partial charge in [-0.2, -0.15) is 0 Å². The second kappa shape index (κ2) is 8.01. The van der Waals surface area contributed by atoms with E-state index in [0.29, 0.717) is 22.6 Å². The second-order valence-corrected chi connectivity index (χ2v) is 12.5. The molecule has 6 heteroatoms. The molecule has 2 heterocycles. The third-order valence-corrected chi connectivity index (χ3v) is 7.98. The largest absolute Gasteiger partial charge is 0.424 e. The number of esters is 2. The molecule has 2 aromatic rings. The quantitative estimate of drug-likeness (QED) is 0.336. The van der Waals surface area contributed by atoms with Crippen LogP contribution in [0.3, 0.4) is 0 Å². The molecule has 0 bridgehead atoms.